The molecule has 0 aliphatic rings. The molecule has 0 amide bonds. The third kappa shape index (κ3) is 4.75. The summed E-state index contributed by atoms with van der Waals surface area (Å²) in [6.45, 7) is 8.17. The third-order valence-corrected chi connectivity index (χ3v) is 4.39. The highest BCUT2D eigenvalue weighted by molar-refractivity contribution is 5.76. The Hall–Kier alpha value is -2.56. The van der Waals surface area contributed by atoms with Crippen molar-refractivity contribution in [3.63, 3.8) is 0 Å². The molecule has 2 rings (SSSR count). The third-order valence-electron chi connectivity index (χ3n) is 4.39. The monoisotopic (exact) mass is 356 g/mol. The molecule has 2 atom stereocenters. The van der Waals surface area contributed by atoms with E-state index < -0.39 is 0 Å². The van der Waals surface area contributed by atoms with Crippen LogP contribution < -0.4 is 14.2 Å². The topological polar surface area (TPSA) is 63.9 Å². The molecule has 0 fully saturated rings. The highest BCUT2D eigenvalue weighted by Gasteiger charge is 2.17. The number of ether oxygens (including phenoxy) is 3. The van der Waals surface area contributed by atoms with E-state index in [1.165, 1.54) is 0 Å². The summed E-state index contributed by atoms with van der Waals surface area (Å²) < 4.78 is 17.3. The maximum atomic E-state index is 7.51. The van der Waals surface area contributed by atoms with Gasteiger partial charge in [0.1, 0.15) is 22.9 Å². The van der Waals surface area contributed by atoms with Crippen LogP contribution in [0.1, 0.15) is 40.5 Å². The fourth-order valence-electron chi connectivity index (χ4n) is 2.42. The zero-order chi connectivity index (χ0) is 19.1. The van der Waals surface area contributed by atoms with E-state index in [-0.39, 0.29) is 12.2 Å². The van der Waals surface area contributed by atoms with Crippen LogP contribution in [0.2, 0.25) is 0 Å². The Morgan fingerprint density at radius 3 is 2.00 bits per heavy atom. The van der Waals surface area contributed by atoms with Gasteiger partial charge in [0.25, 0.3) is 0 Å². The van der Waals surface area contributed by atoms with Crippen LogP contribution in [-0.2, 0) is 0 Å². The van der Waals surface area contributed by atoms with E-state index in [0.29, 0.717) is 17.2 Å². The molecule has 5 heteroatoms. The molecule has 0 aliphatic heterocycles. The summed E-state index contributed by atoms with van der Waals surface area (Å²) in [5.74, 6) is 2.09. The molecule has 0 radical (unpaired) electrons. The van der Waals surface area contributed by atoms with Gasteiger partial charge in [0.15, 0.2) is 0 Å². The minimum absolute atomic E-state index is 0.0422. The molecule has 2 aromatic rings. The summed E-state index contributed by atoms with van der Waals surface area (Å²) >= 11 is 0. The molecule has 0 saturated heterocycles. The lowest BCUT2D eigenvalue weighted by Gasteiger charge is -2.20. The highest BCUT2D eigenvalue weighted by atomic mass is 16.5. The van der Waals surface area contributed by atoms with E-state index in [9.17, 15) is 0 Å². The van der Waals surface area contributed by atoms with Gasteiger partial charge in [-0.2, -0.15) is 5.11 Å². The van der Waals surface area contributed by atoms with Crippen molar-refractivity contribution < 1.29 is 14.2 Å². The Bertz CT molecular complexity index is 729. The van der Waals surface area contributed by atoms with Crippen LogP contribution >= 0.6 is 0 Å². The number of hydrogen-bond acceptors (Lipinski definition) is 5. The van der Waals surface area contributed by atoms with Gasteiger partial charge in [-0.25, -0.2) is 5.53 Å². The van der Waals surface area contributed by atoms with Crippen LogP contribution in [-0.4, -0.2) is 19.3 Å². The average Bonchev–Trinajstić information content (AvgIpc) is 2.68. The molecule has 1 N–H and O–H groups in total. The molecule has 5 nitrogen and oxygen atoms in total. The first-order valence-corrected chi connectivity index (χ1v) is 9.05. The lowest BCUT2D eigenvalue weighted by atomic mass is 10.0. The summed E-state index contributed by atoms with van der Waals surface area (Å²) in [6.07, 6.45) is 1.87. The van der Waals surface area contributed by atoms with Gasteiger partial charge in [0.05, 0.1) is 19.3 Å². The second-order valence-corrected chi connectivity index (χ2v) is 6.33. The van der Waals surface area contributed by atoms with Crippen molar-refractivity contribution in [3.8, 4) is 28.4 Å². The van der Waals surface area contributed by atoms with Gasteiger partial charge >= 0.3 is 0 Å². The summed E-state index contributed by atoms with van der Waals surface area (Å²) in [5.41, 5.74) is 9.89. The highest BCUT2D eigenvalue weighted by Crippen LogP contribution is 2.41. The first-order valence-electron chi connectivity index (χ1n) is 9.05. The van der Waals surface area contributed by atoms with Crippen molar-refractivity contribution in [1.82, 2.24) is 0 Å². The Morgan fingerprint density at radius 1 is 0.923 bits per heavy atom. The molecule has 0 aliphatic carbocycles. The number of rotatable bonds is 9. The van der Waals surface area contributed by atoms with Crippen molar-refractivity contribution in [1.29, 1.82) is 5.53 Å². The maximum absolute atomic E-state index is 7.51. The van der Waals surface area contributed by atoms with Gasteiger partial charge < -0.3 is 14.2 Å². The van der Waals surface area contributed by atoms with Crippen LogP contribution in [0.5, 0.6) is 17.2 Å². The van der Waals surface area contributed by atoms with Crippen molar-refractivity contribution >= 4 is 5.69 Å². The largest absolute Gasteiger partial charge is 0.497 e. The summed E-state index contributed by atoms with van der Waals surface area (Å²) in [4.78, 5) is 0. The lowest BCUT2D eigenvalue weighted by Crippen LogP contribution is -2.12. The van der Waals surface area contributed by atoms with E-state index in [0.717, 1.165) is 29.7 Å². The van der Waals surface area contributed by atoms with E-state index in [1.807, 2.05) is 44.2 Å². The minimum atomic E-state index is 0.0422. The van der Waals surface area contributed by atoms with Crippen molar-refractivity contribution in [3.05, 3.63) is 36.4 Å². The normalized spacial score (nSPS) is 13.0. The number of nitrogens with one attached hydrogen (secondary N) is 1. The lowest BCUT2D eigenvalue weighted by molar-refractivity contribution is 0.212. The summed E-state index contributed by atoms with van der Waals surface area (Å²) in [6, 6.07) is 11.5. The quantitative estimate of drug-likeness (QED) is 0.530. The maximum Gasteiger partial charge on any atom is 0.148 e. The minimum Gasteiger partial charge on any atom is -0.497 e. The first kappa shape index (κ1) is 19.8. The molecule has 2 unspecified atom stereocenters. The molecule has 0 saturated carbocycles. The zero-order valence-corrected chi connectivity index (χ0v) is 16.2. The average molecular weight is 356 g/mol. The van der Waals surface area contributed by atoms with Crippen molar-refractivity contribution in [2.24, 2.45) is 5.11 Å². The zero-order valence-electron chi connectivity index (χ0n) is 16.2. The number of methoxy groups -OCH3 is 1. The Labute approximate surface area is 155 Å². The smallest absolute Gasteiger partial charge is 0.148 e. The predicted molar refractivity (Wildman–Crippen MR) is 104 cm³/mol. The fourth-order valence-corrected chi connectivity index (χ4v) is 2.42. The molecule has 0 spiro atoms. The fraction of sp³-hybridized carbons (Fsp3) is 0.429. The van der Waals surface area contributed by atoms with E-state index in [4.69, 9.17) is 19.7 Å². The van der Waals surface area contributed by atoms with Gasteiger partial charge in [0, 0.05) is 11.6 Å². The van der Waals surface area contributed by atoms with Gasteiger partial charge in [-0.3, -0.25) is 0 Å². The predicted octanol–water partition coefficient (Wildman–Crippen LogP) is 6.38. The SMILES string of the molecule is CCC(C)Oc1cc(-c2ccc(OC)cc2)c(OC(C)CC)cc1N=N. The Balaban J connectivity index is 2.55. The van der Waals surface area contributed by atoms with Crippen LogP contribution in [0, 0.1) is 5.53 Å². The van der Waals surface area contributed by atoms with Crippen molar-refractivity contribution in [2.45, 2.75) is 52.7 Å². The van der Waals surface area contributed by atoms with Crippen LogP contribution in [0.25, 0.3) is 11.1 Å². The van der Waals surface area contributed by atoms with E-state index in [2.05, 4.69) is 19.0 Å². The van der Waals surface area contributed by atoms with E-state index >= 15 is 0 Å². The Kier molecular flexibility index (Phi) is 7.01. The Morgan fingerprint density at radius 2 is 1.50 bits per heavy atom. The van der Waals surface area contributed by atoms with Crippen LogP contribution in [0.15, 0.2) is 41.5 Å². The standard InChI is InChI=1S/C21H28N2O3/c1-6-14(3)25-20-13-19(23-22)21(26-15(4)7-2)12-18(20)16-8-10-17(24-5)11-9-16/h8-15,22H,6-7H2,1-5H3. The molecule has 26 heavy (non-hydrogen) atoms. The summed E-state index contributed by atoms with van der Waals surface area (Å²) in [5, 5.41) is 3.64. The van der Waals surface area contributed by atoms with Gasteiger partial charge in [-0.05, 0) is 50.5 Å². The van der Waals surface area contributed by atoms with E-state index in [1.54, 1.807) is 13.2 Å². The second kappa shape index (κ2) is 9.22. The van der Waals surface area contributed by atoms with Gasteiger partial charge in [-0.1, -0.05) is 26.0 Å². The molecule has 0 bridgehead atoms. The molecular weight excluding hydrogens is 328 g/mol. The molecule has 2 aromatic carbocycles. The molecule has 0 heterocycles. The molecular formula is C21H28N2O3. The van der Waals surface area contributed by atoms with Gasteiger partial charge in [0.2, 0.25) is 0 Å². The first-order chi connectivity index (χ1) is 12.5. The number of benzene rings is 2. The number of hydrogen-bond donors (Lipinski definition) is 1. The van der Waals surface area contributed by atoms with Crippen LogP contribution in [0.4, 0.5) is 5.69 Å². The summed E-state index contributed by atoms with van der Waals surface area (Å²) in [7, 11) is 1.65. The molecule has 140 valence electrons. The van der Waals surface area contributed by atoms with Gasteiger partial charge in [-0.15, -0.1) is 0 Å². The number of nitrogens with zero attached hydrogens (tertiary/aromatic N) is 1. The van der Waals surface area contributed by atoms with Crippen LogP contribution in [0.3, 0.4) is 0 Å². The molecule has 0 aromatic heterocycles. The second-order valence-electron chi connectivity index (χ2n) is 6.33. The van der Waals surface area contributed by atoms with Crippen molar-refractivity contribution in [2.75, 3.05) is 7.11 Å².